The predicted octanol–water partition coefficient (Wildman–Crippen LogP) is 10.8. The van der Waals surface area contributed by atoms with E-state index in [-0.39, 0.29) is 0 Å². The van der Waals surface area contributed by atoms with Gasteiger partial charge in [0.2, 0.25) is 0 Å². The fourth-order valence-corrected chi connectivity index (χ4v) is 7.65. The molecule has 0 saturated carbocycles. The molecule has 0 N–H and O–H groups in total. The third kappa shape index (κ3) is 3.52. The molecule has 1 aliphatic heterocycles. The van der Waals surface area contributed by atoms with E-state index < -0.39 is 0 Å². The summed E-state index contributed by atoms with van der Waals surface area (Å²) in [5.41, 5.74) is 13.5. The Balaban J connectivity index is 1.19. The quantitative estimate of drug-likeness (QED) is 0.216. The van der Waals surface area contributed by atoms with Crippen molar-refractivity contribution in [2.75, 3.05) is 0 Å². The first-order chi connectivity index (χ1) is 20.3. The van der Waals surface area contributed by atoms with E-state index in [0.717, 1.165) is 22.7 Å². The summed E-state index contributed by atoms with van der Waals surface area (Å²) >= 11 is 2.00. The van der Waals surface area contributed by atoms with Gasteiger partial charge in [-0.2, -0.15) is 11.8 Å². The number of rotatable bonds is 2. The number of para-hydroxylation sites is 3. The van der Waals surface area contributed by atoms with Crippen molar-refractivity contribution in [2.24, 2.45) is 0 Å². The molecular formula is C38H25NOS. The van der Waals surface area contributed by atoms with E-state index in [0.29, 0.717) is 0 Å². The van der Waals surface area contributed by atoms with E-state index in [1.54, 1.807) is 0 Å². The Morgan fingerprint density at radius 2 is 1.15 bits per heavy atom. The molecule has 0 saturated heterocycles. The standard InChI is InChI=1S/C38H25NOS/c1-4-10-35-30(7-1)31-8-2-5-11-36(31)39(35)28-16-13-26-22-41-23-27-19-24(14-17-29(27)33(26)21-28)25-15-18-38-34(20-25)32-9-3-6-12-37(32)40-38/h1-21H,22-23H2. The molecule has 0 unspecified atom stereocenters. The Morgan fingerprint density at radius 1 is 0.488 bits per heavy atom. The molecule has 0 aliphatic carbocycles. The molecule has 1 aliphatic rings. The van der Waals surface area contributed by atoms with Gasteiger partial charge in [0.1, 0.15) is 11.2 Å². The van der Waals surface area contributed by atoms with Gasteiger partial charge in [0.25, 0.3) is 0 Å². The lowest BCUT2D eigenvalue weighted by molar-refractivity contribution is 0.669. The molecule has 0 fully saturated rings. The van der Waals surface area contributed by atoms with E-state index in [4.69, 9.17) is 4.42 Å². The second-order valence-electron chi connectivity index (χ2n) is 10.9. The van der Waals surface area contributed by atoms with Gasteiger partial charge in [0, 0.05) is 38.7 Å². The SMILES string of the molecule is c1ccc2c(c1)oc1ccc(-c3ccc4c(c3)CSCc3ccc(-n5c6ccccc6c6ccccc65)cc3-4)cc12. The van der Waals surface area contributed by atoms with Crippen molar-refractivity contribution >= 4 is 55.5 Å². The number of nitrogens with zero attached hydrogens (tertiary/aromatic N) is 1. The van der Waals surface area contributed by atoms with Crippen molar-refractivity contribution in [1.29, 1.82) is 0 Å². The minimum absolute atomic E-state index is 0.937. The molecule has 3 heterocycles. The van der Waals surface area contributed by atoms with Gasteiger partial charge in [-0.1, -0.05) is 78.9 Å². The first-order valence-corrected chi connectivity index (χ1v) is 15.2. The zero-order valence-electron chi connectivity index (χ0n) is 22.3. The molecule has 0 radical (unpaired) electrons. The molecule has 0 atom stereocenters. The van der Waals surface area contributed by atoms with E-state index in [2.05, 4.69) is 120 Å². The van der Waals surface area contributed by atoms with Crippen molar-refractivity contribution < 1.29 is 4.42 Å². The van der Waals surface area contributed by atoms with Crippen LogP contribution in [0, 0.1) is 0 Å². The first kappa shape index (κ1) is 23.0. The fourth-order valence-electron chi connectivity index (χ4n) is 6.61. The molecule has 0 amide bonds. The zero-order valence-corrected chi connectivity index (χ0v) is 23.1. The number of fused-ring (bicyclic) bond motifs is 9. The number of aromatic nitrogens is 1. The molecule has 9 rings (SSSR count). The zero-order chi connectivity index (χ0) is 26.9. The summed E-state index contributed by atoms with van der Waals surface area (Å²) in [6, 6.07) is 46.4. The summed E-state index contributed by atoms with van der Waals surface area (Å²) in [5.74, 6) is 2.01. The van der Waals surface area contributed by atoms with Crippen LogP contribution in [0.1, 0.15) is 11.1 Å². The van der Waals surface area contributed by atoms with Gasteiger partial charge in [0.05, 0.1) is 11.0 Å². The smallest absolute Gasteiger partial charge is 0.135 e. The lowest BCUT2D eigenvalue weighted by Gasteiger charge is -2.15. The Hall–Kier alpha value is -4.73. The second-order valence-corrected chi connectivity index (χ2v) is 11.9. The van der Waals surface area contributed by atoms with Crippen LogP contribution in [-0.4, -0.2) is 4.57 Å². The summed E-state index contributed by atoms with van der Waals surface area (Å²) in [6.45, 7) is 0. The largest absolute Gasteiger partial charge is 0.456 e. The predicted molar refractivity (Wildman–Crippen MR) is 174 cm³/mol. The number of furan rings is 1. The van der Waals surface area contributed by atoms with Gasteiger partial charge in [-0.3, -0.25) is 0 Å². The molecule has 2 nitrogen and oxygen atoms in total. The maximum Gasteiger partial charge on any atom is 0.135 e. The van der Waals surface area contributed by atoms with E-state index >= 15 is 0 Å². The molecule has 6 aromatic carbocycles. The highest BCUT2D eigenvalue weighted by molar-refractivity contribution is 7.97. The molecule has 0 spiro atoms. The van der Waals surface area contributed by atoms with Crippen LogP contribution < -0.4 is 0 Å². The van der Waals surface area contributed by atoms with Crippen molar-refractivity contribution in [3.8, 4) is 27.9 Å². The summed E-state index contributed by atoms with van der Waals surface area (Å²) < 4.78 is 8.50. The number of thioether (sulfide) groups is 1. The molecule has 3 heteroatoms. The second kappa shape index (κ2) is 8.89. The molecule has 8 aromatic rings. The van der Waals surface area contributed by atoms with Gasteiger partial charge in [-0.25, -0.2) is 0 Å². The number of hydrogen-bond donors (Lipinski definition) is 0. The van der Waals surface area contributed by atoms with Gasteiger partial charge in [0.15, 0.2) is 0 Å². The highest BCUT2D eigenvalue weighted by Gasteiger charge is 2.19. The Bertz CT molecular complexity index is 2250. The average molecular weight is 544 g/mol. The van der Waals surface area contributed by atoms with Crippen LogP contribution in [0.3, 0.4) is 0 Å². The maximum absolute atomic E-state index is 6.08. The van der Waals surface area contributed by atoms with Crippen LogP contribution in [0.4, 0.5) is 0 Å². The van der Waals surface area contributed by atoms with Crippen molar-refractivity contribution in [2.45, 2.75) is 11.5 Å². The highest BCUT2D eigenvalue weighted by atomic mass is 32.2. The van der Waals surface area contributed by atoms with E-state index in [1.807, 2.05) is 23.9 Å². The van der Waals surface area contributed by atoms with Gasteiger partial charge >= 0.3 is 0 Å². The van der Waals surface area contributed by atoms with Crippen LogP contribution in [0.5, 0.6) is 0 Å². The maximum atomic E-state index is 6.08. The molecule has 0 bridgehead atoms. The van der Waals surface area contributed by atoms with Gasteiger partial charge in [-0.05, 0) is 81.9 Å². The molecule has 41 heavy (non-hydrogen) atoms. The van der Waals surface area contributed by atoms with Crippen LogP contribution in [0.25, 0.3) is 71.7 Å². The average Bonchev–Trinajstić information content (AvgIpc) is 3.50. The van der Waals surface area contributed by atoms with E-state index in [1.165, 1.54) is 71.6 Å². The summed E-state index contributed by atoms with van der Waals surface area (Å²) in [6.07, 6.45) is 0. The molecular weight excluding hydrogens is 518 g/mol. The number of benzene rings is 6. The Labute approximate surface area is 241 Å². The van der Waals surface area contributed by atoms with Gasteiger partial charge < -0.3 is 8.98 Å². The Morgan fingerprint density at radius 3 is 1.98 bits per heavy atom. The van der Waals surface area contributed by atoms with Crippen molar-refractivity contribution in [3.63, 3.8) is 0 Å². The number of hydrogen-bond acceptors (Lipinski definition) is 2. The third-order valence-corrected chi connectivity index (χ3v) is 9.58. The van der Waals surface area contributed by atoms with Crippen LogP contribution in [-0.2, 0) is 11.5 Å². The van der Waals surface area contributed by atoms with E-state index in [9.17, 15) is 0 Å². The monoisotopic (exact) mass is 543 g/mol. The van der Waals surface area contributed by atoms with Crippen molar-refractivity contribution in [3.05, 3.63) is 139 Å². The lowest BCUT2D eigenvalue weighted by atomic mass is 9.92. The topological polar surface area (TPSA) is 18.1 Å². The lowest BCUT2D eigenvalue weighted by Crippen LogP contribution is -1.97. The Kier molecular flexibility index (Phi) is 4.99. The summed E-state index contributed by atoms with van der Waals surface area (Å²) in [5, 5.41) is 4.92. The van der Waals surface area contributed by atoms with Crippen molar-refractivity contribution in [1.82, 2.24) is 4.57 Å². The highest BCUT2D eigenvalue weighted by Crippen LogP contribution is 2.41. The summed E-state index contributed by atoms with van der Waals surface area (Å²) in [4.78, 5) is 0. The van der Waals surface area contributed by atoms with Crippen LogP contribution in [0.2, 0.25) is 0 Å². The van der Waals surface area contributed by atoms with Gasteiger partial charge in [-0.15, -0.1) is 0 Å². The summed E-state index contributed by atoms with van der Waals surface area (Å²) in [7, 11) is 0. The normalized spacial score (nSPS) is 13.1. The molecule has 194 valence electrons. The minimum Gasteiger partial charge on any atom is -0.456 e. The first-order valence-electron chi connectivity index (χ1n) is 14.1. The van der Waals surface area contributed by atoms with Crippen LogP contribution in [0.15, 0.2) is 132 Å². The minimum atomic E-state index is 0.937. The third-order valence-electron chi connectivity index (χ3n) is 8.55. The fraction of sp³-hybridized carbons (Fsp3) is 0.0526. The van der Waals surface area contributed by atoms with Crippen LogP contribution >= 0.6 is 11.8 Å². The molecule has 2 aromatic heterocycles.